The average molecular weight is 476 g/mol. The van der Waals surface area contributed by atoms with Crippen molar-refractivity contribution in [3.63, 3.8) is 0 Å². The van der Waals surface area contributed by atoms with Crippen molar-refractivity contribution in [3.05, 3.63) is 47.1 Å². The van der Waals surface area contributed by atoms with Gasteiger partial charge < -0.3 is 20.7 Å². The number of hydrogen-bond acceptors (Lipinski definition) is 6. The summed E-state index contributed by atoms with van der Waals surface area (Å²) in [5.41, 5.74) is -1.21. The Morgan fingerprint density at radius 2 is 2.03 bits per heavy atom. The van der Waals surface area contributed by atoms with Crippen molar-refractivity contribution in [2.24, 2.45) is 0 Å². The van der Waals surface area contributed by atoms with Crippen LogP contribution in [-0.2, 0) is 15.8 Å². The molecule has 2 heterocycles. The van der Waals surface area contributed by atoms with E-state index in [4.69, 9.17) is 16.3 Å². The topological polar surface area (TPSA) is 105 Å². The van der Waals surface area contributed by atoms with Crippen LogP contribution in [-0.4, -0.2) is 47.0 Å². The summed E-state index contributed by atoms with van der Waals surface area (Å²) in [6.07, 6.45) is -2.32. The molecule has 1 fully saturated rings. The monoisotopic (exact) mass is 475 g/mol. The van der Waals surface area contributed by atoms with Crippen molar-refractivity contribution >= 4 is 29.2 Å². The maximum Gasteiger partial charge on any atom is 0.434 e. The molecule has 0 aliphatic carbocycles. The second-order valence-electron chi connectivity index (χ2n) is 6.94. The maximum atomic E-state index is 13.4. The van der Waals surface area contributed by atoms with E-state index in [2.05, 4.69) is 25.9 Å². The third kappa shape index (κ3) is 6.50. The summed E-state index contributed by atoms with van der Waals surface area (Å²) < 4.78 is 56.7. The van der Waals surface area contributed by atoms with Gasteiger partial charge in [-0.3, -0.25) is 14.6 Å². The van der Waals surface area contributed by atoms with Gasteiger partial charge in [0.15, 0.2) is 18.1 Å². The molecule has 1 aromatic carbocycles. The number of carbonyl (C=O) groups is 2. The summed E-state index contributed by atoms with van der Waals surface area (Å²) >= 11 is 5.58. The number of piperidine rings is 1. The van der Waals surface area contributed by atoms with Crippen LogP contribution in [0.5, 0.6) is 5.75 Å². The van der Waals surface area contributed by atoms with Gasteiger partial charge in [0.2, 0.25) is 5.91 Å². The number of nitrogens with one attached hydrogen (secondary N) is 3. The first kappa shape index (κ1) is 23.7. The predicted octanol–water partition coefficient (Wildman–Crippen LogP) is 2.54. The number of hydrogen-bond donors (Lipinski definition) is 3. The molecule has 1 saturated heterocycles. The molecule has 0 bridgehead atoms. The third-order valence-electron chi connectivity index (χ3n) is 4.53. The van der Waals surface area contributed by atoms with Gasteiger partial charge in [-0.15, -0.1) is 0 Å². The summed E-state index contributed by atoms with van der Waals surface area (Å²) in [6, 6.07) is 2.85. The van der Waals surface area contributed by atoms with Crippen LogP contribution in [0.1, 0.15) is 18.5 Å². The van der Waals surface area contributed by atoms with Crippen LogP contribution in [0, 0.1) is 5.82 Å². The predicted molar refractivity (Wildman–Crippen MR) is 106 cm³/mol. The van der Waals surface area contributed by atoms with Crippen molar-refractivity contribution in [1.82, 2.24) is 20.6 Å². The normalized spacial score (nSPS) is 18.7. The van der Waals surface area contributed by atoms with E-state index in [1.807, 2.05) is 0 Å². The van der Waals surface area contributed by atoms with Gasteiger partial charge in [-0.1, -0.05) is 11.6 Å². The zero-order valence-corrected chi connectivity index (χ0v) is 17.1. The van der Waals surface area contributed by atoms with E-state index >= 15 is 0 Å². The molecular formula is C19H18ClF4N5O3. The van der Waals surface area contributed by atoms with Crippen LogP contribution >= 0.6 is 11.6 Å². The highest BCUT2D eigenvalue weighted by atomic mass is 35.5. The zero-order chi connectivity index (χ0) is 23.3. The highest BCUT2D eigenvalue weighted by Crippen LogP contribution is 2.27. The molecule has 13 heteroatoms. The Morgan fingerprint density at radius 1 is 1.25 bits per heavy atom. The van der Waals surface area contributed by atoms with Crippen LogP contribution in [0.3, 0.4) is 0 Å². The van der Waals surface area contributed by atoms with Crippen LogP contribution in [0.4, 0.5) is 23.4 Å². The van der Waals surface area contributed by atoms with E-state index in [9.17, 15) is 27.2 Å². The number of carbonyl (C=O) groups excluding carboxylic acids is 2. The molecule has 3 rings (SSSR count). The number of nitrogens with zero attached hydrogens (tertiary/aromatic N) is 2. The number of ether oxygens (including phenoxy) is 1. The van der Waals surface area contributed by atoms with Crippen LogP contribution in [0.15, 0.2) is 30.6 Å². The molecule has 0 spiro atoms. The fraction of sp³-hybridized carbons (Fsp3) is 0.368. The second kappa shape index (κ2) is 10.1. The second-order valence-corrected chi connectivity index (χ2v) is 7.35. The first-order chi connectivity index (χ1) is 15.1. The number of aromatic nitrogens is 2. The number of halogens is 5. The molecule has 1 aliphatic rings. The molecule has 2 amide bonds. The Bertz CT molecular complexity index is 984. The van der Waals surface area contributed by atoms with E-state index in [-0.39, 0.29) is 35.8 Å². The summed E-state index contributed by atoms with van der Waals surface area (Å²) in [7, 11) is 0. The minimum absolute atomic E-state index is 0.0613. The summed E-state index contributed by atoms with van der Waals surface area (Å²) in [4.78, 5) is 31.1. The molecule has 2 aromatic rings. The summed E-state index contributed by atoms with van der Waals surface area (Å²) in [6.45, 7) is -0.0800. The van der Waals surface area contributed by atoms with Crippen molar-refractivity contribution in [1.29, 1.82) is 0 Å². The highest BCUT2D eigenvalue weighted by Gasteiger charge is 2.33. The Hall–Kier alpha value is -2.99. The van der Waals surface area contributed by atoms with Crippen LogP contribution in [0.25, 0.3) is 0 Å². The van der Waals surface area contributed by atoms with Crippen molar-refractivity contribution < 1.29 is 31.9 Å². The van der Waals surface area contributed by atoms with Gasteiger partial charge in [0.05, 0.1) is 23.5 Å². The summed E-state index contributed by atoms with van der Waals surface area (Å²) in [5.74, 6) is -1.82. The lowest BCUT2D eigenvalue weighted by Gasteiger charge is -2.29. The third-order valence-corrected chi connectivity index (χ3v) is 4.84. The average Bonchev–Trinajstić information content (AvgIpc) is 2.74. The van der Waals surface area contributed by atoms with Gasteiger partial charge in [0.25, 0.3) is 5.91 Å². The number of rotatable bonds is 6. The molecule has 2 unspecified atom stereocenters. The fourth-order valence-electron chi connectivity index (χ4n) is 2.96. The Balaban J connectivity index is 1.43. The van der Waals surface area contributed by atoms with Crippen LogP contribution in [0.2, 0.25) is 5.02 Å². The van der Waals surface area contributed by atoms with Gasteiger partial charge in [-0.05, 0) is 25.0 Å². The number of amides is 2. The summed E-state index contributed by atoms with van der Waals surface area (Å²) in [5, 5.41) is 7.89. The van der Waals surface area contributed by atoms with E-state index in [1.54, 1.807) is 0 Å². The van der Waals surface area contributed by atoms with E-state index < -0.39 is 35.5 Å². The molecule has 2 atom stereocenters. The van der Waals surface area contributed by atoms with Gasteiger partial charge >= 0.3 is 6.18 Å². The minimum Gasteiger partial charge on any atom is -0.484 e. The fourth-order valence-corrected chi connectivity index (χ4v) is 3.08. The molecule has 1 aromatic heterocycles. The molecule has 8 nitrogen and oxygen atoms in total. The highest BCUT2D eigenvalue weighted by molar-refractivity contribution is 6.30. The Kier molecular flexibility index (Phi) is 7.46. The number of anilines is 1. The lowest BCUT2D eigenvalue weighted by Crippen LogP contribution is -2.53. The molecule has 3 N–H and O–H groups in total. The zero-order valence-electron chi connectivity index (χ0n) is 16.4. The molecule has 0 saturated carbocycles. The quantitative estimate of drug-likeness (QED) is 0.555. The van der Waals surface area contributed by atoms with E-state index in [0.29, 0.717) is 19.0 Å². The van der Waals surface area contributed by atoms with E-state index in [1.165, 1.54) is 12.1 Å². The largest absolute Gasteiger partial charge is 0.484 e. The van der Waals surface area contributed by atoms with Gasteiger partial charge in [-0.25, -0.2) is 9.37 Å². The molecular weight excluding hydrogens is 458 g/mol. The van der Waals surface area contributed by atoms with Gasteiger partial charge in [0.1, 0.15) is 11.6 Å². The smallest absolute Gasteiger partial charge is 0.434 e. The number of benzene rings is 1. The van der Waals surface area contributed by atoms with Crippen LogP contribution < -0.4 is 20.7 Å². The Morgan fingerprint density at radius 3 is 2.69 bits per heavy atom. The lowest BCUT2D eigenvalue weighted by molar-refractivity contribution is -0.141. The van der Waals surface area contributed by atoms with Crippen molar-refractivity contribution in [2.75, 3.05) is 18.5 Å². The molecule has 172 valence electrons. The molecule has 1 aliphatic heterocycles. The van der Waals surface area contributed by atoms with E-state index in [0.717, 1.165) is 12.3 Å². The Labute approximate surface area is 184 Å². The molecule has 0 radical (unpaired) electrons. The SMILES string of the molecule is O=C(COc1ccc(Cl)c(F)c1)NC1CCC(C(=O)Nc2cncc(C(F)(F)F)n2)NC1. The standard InChI is InChI=1S/C19H18ClF4N5O3/c20-12-3-2-11(5-13(12)21)32-9-17(30)27-10-1-4-14(26-6-10)18(31)29-16-8-25-7-15(28-16)19(22,23)24/h2-3,5,7-8,10,14,26H,1,4,6,9H2,(H,27,30)(H,28,29,31). The minimum atomic E-state index is -4.67. The lowest BCUT2D eigenvalue weighted by atomic mass is 10.00. The molecule has 32 heavy (non-hydrogen) atoms. The van der Waals surface area contributed by atoms with Gasteiger partial charge in [0, 0.05) is 18.7 Å². The van der Waals surface area contributed by atoms with Gasteiger partial charge in [-0.2, -0.15) is 13.2 Å². The van der Waals surface area contributed by atoms with Crippen molar-refractivity contribution in [3.8, 4) is 5.75 Å². The number of alkyl halides is 3. The van der Waals surface area contributed by atoms with Crippen molar-refractivity contribution in [2.45, 2.75) is 31.1 Å². The maximum absolute atomic E-state index is 13.4. The first-order valence-electron chi connectivity index (χ1n) is 9.42. The first-order valence-corrected chi connectivity index (χ1v) is 9.80.